The fraction of sp³-hybridized carbons (Fsp3) is 0.231. The van der Waals surface area contributed by atoms with Gasteiger partial charge in [0, 0.05) is 10.9 Å². The first-order chi connectivity index (χ1) is 11.4. The van der Waals surface area contributed by atoms with Crippen LogP contribution in [0, 0.1) is 0 Å². The van der Waals surface area contributed by atoms with Crippen LogP contribution in [0.2, 0.25) is 0 Å². The van der Waals surface area contributed by atoms with E-state index in [0.717, 1.165) is 6.07 Å². The molecule has 25 heavy (non-hydrogen) atoms. The van der Waals surface area contributed by atoms with Gasteiger partial charge in [-0.05, 0) is 33.6 Å². The number of aromatic nitrogens is 1. The zero-order valence-corrected chi connectivity index (χ0v) is 13.3. The first-order valence-corrected chi connectivity index (χ1v) is 7.00. The third-order valence-electron chi connectivity index (χ3n) is 2.75. The number of nitrogens with zero attached hydrogens (tertiary/aromatic N) is 1. The van der Waals surface area contributed by atoms with Crippen molar-refractivity contribution in [3.05, 3.63) is 45.4 Å². The van der Waals surface area contributed by atoms with E-state index in [4.69, 9.17) is 0 Å². The van der Waals surface area contributed by atoms with Crippen LogP contribution in [0.5, 0.6) is 5.95 Å². The Morgan fingerprint density at radius 2 is 1.88 bits per heavy atom. The van der Waals surface area contributed by atoms with Gasteiger partial charge in [0.2, 0.25) is 0 Å². The van der Waals surface area contributed by atoms with Crippen molar-refractivity contribution in [1.82, 2.24) is 4.98 Å². The molecule has 2 aromatic rings. The Morgan fingerprint density at radius 3 is 2.36 bits per heavy atom. The molecule has 12 heteroatoms. The summed E-state index contributed by atoms with van der Waals surface area (Å²) in [4.78, 5) is 14.5. The number of hydrogen-bond acceptors (Lipinski definition) is 5. The Kier molecular flexibility index (Phi) is 5.02. The predicted octanol–water partition coefficient (Wildman–Crippen LogP) is 4.43. The van der Waals surface area contributed by atoms with Gasteiger partial charge in [-0.2, -0.15) is 13.2 Å². The summed E-state index contributed by atoms with van der Waals surface area (Å²) in [5.41, 5.74) is -0.626. The van der Waals surface area contributed by atoms with E-state index < -0.39 is 41.6 Å². The molecule has 0 spiro atoms. The summed E-state index contributed by atoms with van der Waals surface area (Å²) in [5, 5.41) is 9.36. The topological polar surface area (TPSA) is 72.6 Å². The zero-order valence-electron chi connectivity index (χ0n) is 11.7. The molecule has 2 rings (SSSR count). The summed E-state index contributed by atoms with van der Waals surface area (Å²) < 4.78 is 80.7. The first kappa shape index (κ1) is 19.1. The zero-order chi connectivity index (χ0) is 19.0. The van der Waals surface area contributed by atoms with Gasteiger partial charge in [-0.25, -0.2) is 9.78 Å². The van der Waals surface area contributed by atoms with Crippen molar-refractivity contribution in [2.24, 2.45) is 0 Å². The van der Waals surface area contributed by atoms with Gasteiger partial charge in [-0.1, -0.05) is 6.07 Å². The lowest BCUT2D eigenvalue weighted by atomic mass is 10.1. The maximum atomic E-state index is 12.4. The maximum absolute atomic E-state index is 12.4. The highest BCUT2D eigenvalue weighted by Crippen LogP contribution is 2.33. The standard InChI is InChI=1S/C13H6BrF6NO4/c14-7-3-5(1-2-6(7)9(22)25-13(18,19)20)4-8-10(23)24-11(21-8)12(15,16)17/h1-3,23H,4H2. The number of ether oxygens (including phenoxy) is 1. The summed E-state index contributed by atoms with van der Waals surface area (Å²) in [6.45, 7) is 0. The molecule has 0 radical (unpaired) electrons. The van der Waals surface area contributed by atoms with Crippen LogP contribution in [0.4, 0.5) is 26.3 Å². The molecule has 0 saturated heterocycles. The number of alkyl halides is 6. The molecule has 0 bridgehead atoms. The largest absolute Gasteiger partial charge is 0.575 e. The van der Waals surface area contributed by atoms with E-state index in [1.165, 1.54) is 12.1 Å². The number of aromatic hydroxyl groups is 1. The number of benzene rings is 1. The average Bonchev–Trinajstić information content (AvgIpc) is 2.78. The fourth-order valence-corrected chi connectivity index (χ4v) is 2.36. The van der Waals surface area contributed by atoms with Crippen LogP contribution in [-0.2, 0) is 17.3 Å². The molecule has 1 aromatic heterocycles. The van der Waals surface area contributed by atoms with Gasteiger partial charge in [0.05, 0.1) is 5.56 Å². The van der Waals surface area contributed by atoms with E-state index in [-0.39, 0.29) is 16.5 Å². The van der Waals surface area contributed by atoms with Crippen LogP contribution in [0.15, 0.2) is 27.1 Å². The van der Waals surface area contributed by atoms with Crippen molar-refractivity contribution in [2.75, 3.05) is 0 Å². The number of carbonyl (C=O) groups excluding carboxylic acids is 1. The summed E-state index contributed by atoms with van der Waals surface area (Å²) >= 11 is 2.87. The van der Waals surface area contributed by atoms with Gasteiger partial charge in [0.15, 0.2) is 0 Å². The maximum Gasteiger partial charge on any atom is 0.575 e. The Labute approximate surface area is 143 Å². The lowest BCUT2D eigenvalue weighted by molar-refractivity contribution is -0.291. The molecule has 0 saturated carbocycles. The fourth-order valence-electron chi connectivity index (χ4n) is 1.77. The highest BCUT2D eigenvalue weighted by atomic mass is 79.9. The van der Waals surface area contributed by atoms with Crippen LogP contribution in [-0.4, -0.2) is 22.4 Å². The molecule has 1 aromatic carbocycles. The molecule has 0 amide bonds. The lowest BCUT2D eigenvalue weighted by Crippen LogP contribution is -2.19. The molecule has 0 aliphatic rings. The third kappa shape index (κ3) is 4.87. The molecule has 136 valence electrons. The summed E-state index contributed by atoms with van der Waals surface area (Å²) in [6, 6.07) is 3.32. The number of hydrogen-bond donors (Lipinski definition) is 1. The molecule has 0 aliphatic carbocycles. The number of oxazole rings is 1. The summed E-state index contributed by atoms with van der Waals surface area (Å²) in [7, 11) is 0. The smallest absolute Gasteiger partial charge is 0.479 e. The predicted molar refractivity (Wildman–Crippen MR) is 71.6 cm³/mol. The normalized spacial score (nSPS) is 12.3. The van der Waals surface area contributed by atoms with Crippen LogP contribution in [0.1, 0.15) is 27.5 Å². The third-order valence-corrected chi connectivity index (χ3v) is 3.41. The molecular formula is C13H6BrF6NO4. The molecule has 0 aliphatic heterocycles. The minimum atomic E-state index is -5.16. The van der Waals surface area contributed by atoms with E-state index in [9.17, 15) is 36.2 Å². The molecule has 1 heterocycles. The van der Waals surface area contributed by atoms with Gasteiger partial charge in [-0.3, -0.25) is 0 Å². The van der Waals surface area contributed by atoms with Crippen molar-refractivity contribution in [2.45, 2.75) is 19.0 Å². The van der Waals surface area contributed by atoms with E-state index in [1.54, 1.807) is 0 Å². The van der Waals surface area contributed by atoms with Crippen LogP contribution < -0.4 is 0 Å². The van der Waals surface area contributed by atoms with Crippen molar-refractivity contribution >= 4 is 21.9 Å². The first-order valence-electron chi connectivity index (χ1n) is 6.21. The second kappa shape index (κ2) is 6.58. The van der Waals surface area contributed by atoms with E-state index in [1.807, 2.05) is 0 Å². The van der Waals surface area contributed by atoms with Crippen molar-refractivity contribution in [3.8, 4) is 5.95 Å². The van der Waals surface area contributed by atoms with Gasteiger partial charge in [-0.15, -0.1) is 13.2 Å². The SMILES string of the molecule is O=C(OC(F)(F)F)c1ccc(Cc2nc(C(F)(F)F)oc2O)cc1Br. The number of halogens is 7. The van der Waals surface area contributed by atoms with Gasteiger partial charge < -0.3 is 14.3 Å². The minimum Gasteiger partial charge on any atom is -0.479 e. The quantitative estimate of drug-likeness (QED) is 0.572. The van der Waals surface area contributed by atoms with E-state index in [0.29, 0.717) is 0 Å². The second-order valence-corrected chi connectivity index (χ2v) is 5.45. The Morgan fingerprint density at radius 1 is 1.24 bits per heavy atom. The van der Waals surface area contributed by atoms with Crippen LogP contribution in [0.3, 0.4) is 0 Å². The molecule has 0 atom stereocenters. The highest BCUT2D eigenvalue weighted by Gasteiger charge is 2.39. The molecule has 5 nitrogen and oxygen atoms in total. The Hall–Kier alpha value is -2.24. The van der Waals surface area contributed by atoms with Crippen molar-refractivity contribution in [1.29, 1.82) is 0 Å². The van der Waals surface area contributed by atoms with E-state index in [2.05, 4.69) is 30.1 Å². The number of rotatable bonds is 3. The summed E-state index contributed by atoms with van der Waals surface area (Å²) in [6.07, 6.45) is -10.4. The number of esters is 1. The van der Waals surface area contributed by atoms with Crippen molar-refractivity contribution in [3.63, 3.8) is 0 Å². The van der Waals surface area contributed by atoms with Gasteiger partial charge >= 0.3 is 30.3 Å². The van der Waals surface area contributed by atoms with E-state index >= 15 is 0 Å². The second-order valence-electron chi connectivity index (χ2n) is 4.59. The monoisotopic (exact) mass is 433 g/mol. The highest BCUT2D eigenvalue weighted by molar-refractivity contribution is 9.10. The molecular weight excluding hydrogens is 428 g/mol. The van der Waals surface area contributed by atoms with Crippen LogP contribution in [0.25, 0.3) is 0 Å². The van der Waals surface area contributed by atoms with Gasteiger partial charge in [0.1, 0.15) is 5.69 Å². The van der Waals surface area contributed by atoms with Crippen molar-refractivity contribution < 1.29 is 45.4 Å². The van der Waals surface area contributed by atoms with Gasteiger partial charge in [0.25, 0.3) is 0 Å². The van der Waals surface area contributed by atoms with Crippen LogP contribution >= 0.6 is 15.9 Å². The Balaban J connectivity index is 2.22. The number of carbonyl (C=O) groups is 1. The molecule has 1 N–H and O–H groups in total. The molecule has 0 fully saturated rings. The minimum absolute atomic E-state index is 0.0849. The summed E-state index contributed by atoms with van der Waals surface area (Å²) in [5.74, 6) is -4.33. The Bertz CT molecular complexity index is 799. The average molecular weight is 434 g/mol. The molecule has 0 unspecified atom stereocenters. The lowest BCUT2D eigenvalue weighted by Gasteiger charge is -2.09.